The lowest BCUT2D eigenvalue weighted by atomic mass is 10.0. The number of carbonyl (C=O) groups is 1. The minimum absolute atomic E-state index is 0.0450. The van der Waals surface area contributed by atoms with E-state index in [1.807, 2.05) is 59.2 Å². The Kier molecular flexibility index (Phi) is 4.71. The Morgan fingerprint density at radius 2 is 2.07 bits per heavy atom. The van der Waals surface area contributed by atoms with Gasteiger partial charge in [0, 0.05) is 50.3 Å². The van der Waals surface area contributed by atoms with E-state index in [-0.39, 0.29) is 5.91 Å². The second kappa shape index (κ2) is 7.67. The van der Waals surface area contributed by atoms with Crippen LogP contribution in [0.5, 0.6) is 0 Å². The zero-order valence-corrected chi connectivity index (χ0v) is 16.8. The van der Waals surface area contributed by atoms with Crippen LogP contribution in [0.2, 0.25) is 0 Å². The number of nitrogens with zero attached hydrogens (tertiary/aromatic N) is 6. The Balaban J connectivity index is 1.28. The minimum Gasteiger partial charge on any atom is -0.338 e. The summed E-state index contributed by atoms with van der Waals surface area (Å²) in [7, 11) is 1.94. The predicted octanol–water partition coefficient (Wildman–Crippen LogP) is 3.13. The standard InChI is InChI=1S/C23H22N6O/c1-28-9-7-25-22(28)21-14-24-13-19(27-21)10-16-6-8-29(15-16)23(30)18-11-17-4-2-3-5-20(17)26-12-18/h2-5,7,9,11-14,16H,6,8,10,15H2,1H3. The maximum absolute atomic E-state index is 13.0. The van der Waals surface area contributed by atoms with Crippen molar-refractivity contribution < 1.29 is 4.79 Å². The van der Waals surface area contributed by atoms with Gasteiger partial charge >= 0.3 is 0 Å². The number of carbonyl (C=O) groups excluding carboxylic acids is 1. The first-order valence-electron chi connectivity index (χ1n) is 10.1. The average molecular weight is 398 g/mol. The van der Waals surface area contributed by atoms with E-state index >= 15 is 0 Å². The number of fused-ring (bicyclic) bond motifs is 1. The molecule has 7 heteroatoms. The summed E-state index contributed by atoms with van der Waals surface area (Å²) in [6.07, 6.45) is 10.6. The van der Waals surface area contributed by atoms with Gasteiger partial charge in [-0.2, -0.15) is 0 Å². The van der Waals surface area contributed by atoms with Gasteiger partial charge in [0.15, 0.2) is 5.82 Å². The van der Waals surface area contributed by atoms with Crippen molar-refractivity contribution in [1.29, 1.82) is 0 Å². The van der Waals surface area contributed by atoms with Crippen LogP contribution in [0.4, 0.5) is 0 Å². The first kappa shape index (κ1) is 18.4. The van der Waals surface area contributed by atoms with Gasteiger partial charge in [-0.05, 0) is 30.9 Å². The molecule has 0 spiro atoms. The van der Waals surface area contributed by atoms with E-state index < -0.39 is 0 Å². The number of aryl methyl sites for hydroxylation is 1. The van der Waals surface area contributed by atoms with Crippen molar-refractivity contribution in [1.82, 2.24) is 29.4 Å². The number of pyridine rings is 1. The van der Waals surface area contributed by atoms with Gasteiger partial charge < -0.3 is 9.47 Å². The van der Waals surface area contributed by atoms with Crippen LogP contribution in [0, 0.1) is 5.92 Å². The third-order valence-corrected chi connectivity index (χ3v) is 5.64. The smallest absolute Gasteiger partial charge is 0.255 e. The summed E-state index contributed by atoms with van der Waals surface area (Å²) < 4.78 is 1.93. The van der Waals surface area contributed by atoms with Gasteiger partial charge in [-0.3, -0.25) is 14.8 Å². The van der Waals surface area contributed by atoms with E-state index in [0.717, 1.165) is 54.0 Å². The summed E-state index contributed by atoms with van der Waals surface area (Å²) in [5.74, 6) is 1.22. The second-order valence-electron chi connectivity index (χ2n) is 7.78. The molecule has 1 aliphatic rings. The summed E-state index contributed by atoms with van der Waals surface area (Å²) in [5, 5.41) is 0.987. The Morgan fingerprint density at radius 3 is 2.93 bits per heavy atom. The summed E-state index contributed by atoms with van der Waals surface area (Å²) in [6, 6.07) is 9.78. The SMILES string of the molecule is Cn1ccnc1-c1cncc(CC2CCN(C(=O)c3cnc4ccccc4c3)C2)n1. The zero-order valence-electron chi connectivity index (χ0n) is 16.8. The van der Waals surface area contributed by atoms with Crippen molar-refractivity contribution >= 4 is 16.8 Å². The first-order chi connectivity index (χ1) is 14.7. The van der Waals surface area contributed by atoms with Gasteiger partial charge in [-0.25, -0.2) is 9.97 Å². The molecule has 7 nitrogen and oxygen atoms in total. The summed E-state index contributed by atoms with van der Waals surface area (Å²) >= 11 is 0. The van der Waals surface area contributed by atoms with Gasteiger partial charge in [0.05, 0.1) is 23.0 Å². The number of hydrogen-bond acceptors (Lipinski definition) is 5. The Labute approximate surface area is 174 Å². The largest absolute Gasteiger partial charge is 0.338 e. The van der Waals surface area contributed by atoms with E-state index in [1.54, 1.807) is 18.6 Å². The molecule has 0 aliphatic carbocycles. The Morgan fingerprint density at radius 1 is 1.17 bits per heavy atom. The van der Waals surface area contributed by atoms with Crippen LogP contribution in [0.3, 0.4) is 0 Å². The van der Waals surface area contributed by atoms with Crippen molar-refractivity contribution in [3.63, 3.8) is 0 Å². The van der Waals surface area contributed by atoms with Gasteiger partial charge in [-0.1, -0.05) is 18.2 Å². The van der Waals surface area contributed by atoms with Gasteiger partial charge in [0.2, 0.25) is 0 Å². The number of para-hydroxylation sites is 1. The third-order valence-electron chi connectivity index (χ3n) is 5.64. The molecular weight excluding hydrogens is 376 g/mol. The molecule has 0 saturated carbocycles. The van der Waals surface area contributed by atoms with Crippen molar-refractivity contribution in [2.45, 2.75) is 12.8 Å². The van der Waals surface area contributed by atoms with E-state index in [1.165, 1.54) is 0 Å². The van der Waals surface area contributed by atoms with Crippen LogP contribution < -0.4 is 0 Å². The Hall–Kier alpha value is -3.61. The molecule has 0 N–H and O–H groups in total. The fraction of sp³-hybridized carbons (Fsp3) is 0.261. The molecule has 1 fully saturated rings. The number of amides is 1. The highest BCUT2D eigenvalue weighted by atomic mass is 16.2. The minimum atomic E-state index is 0.0450. The van der Waals surface area contributed by atoms with E-state index in [2.05, 4.69) is 15.0 Å². The van der Waals surface area contributed by atoms with Crippen LogP contribution in [0.1, 0.15) is 22.5 Å². The molecule has 1 unspecified atom stereocenters. The fourth-order valence-corrected chi connectivity index (χ4v) is 4.07. The van der Waals surface area contributed by atoms with E-state index in [4.69, 9.17) is 4.98 Å². The molecule has 1 saturated heterocycles. The third kappa shape index (κ3) is 3.54. The number of rotatable bonds is 4. The monoisotopic (exact) mass is 398 g/mol. The van der Waals surface area contributed by atoms with Crippen LogP contribution in [0.15, 0.2) is 61.3 Å². The first-order valence-corrected chi connectivity index (χ1v) is 10.1. The molecule has 1 atom stereocenters. The van der Waals surface area contributed by atoms with Crippen LogP contribution >= 0.6 is 0 Å². The van der Waals surface area contributed by atoms with E-state index in [0.29, 0.717) is 11.5 Å². The lowest BCUT2D eigenvalue weighted by Gasteiger charge is -2.17. The topological polar surface area (TPSA) is 76.8 Å². The maximum atomic E-state index is 13.0. The molecular formula is C23H22N6O. The molecule has 1 aromatic carbocycles. The number of benzene rings is 1. The van der Waals surface area contributed by atoms with Gasteiger partial charge in [0.1, 0.15) is 5.69 Å². The number of hydrogen-bond donors (Lipinski definition) is 0. The highest BCUT2D eigenvalue weighted by Crippen LogP contribution is 2.23. The fourth-order valence-electron chi connectivity index (χ4n) is 4.07. The number of aromatic nitrogens is 5. The molecule has 150 valence electrons. The molecule has 5 rings (SSSR count). The quantitative estimate of drug-likeness (QED) is 0.528. The molecule has 30 heavy (non-hydrogen) atoms. The van der Waals surface area contributed by atoms with E-state index in [9.17, 15) is 4.79 Å². The number of likely N-dealkylation sites (tertiary alicyclic amines) is 1. The lowest BCUT2D eigenvalue weighted by Crippen LogP contribution is -2.29. The summed E-state index contributed by atoms with van der Waals surface area (Å²) in [5.41, 5.74) is 3.25. The van der Waals surface area contributed by atoms with Crippen molar-refractivity contribution in [3.05, 3.63) is 72.6 Å². The molecule has 4 heterocycles. The van der Waals surface area contributed by atoms with Crippen molar-refractivity contribution in [3.8, 4) is 11.5 Å². The summed E-state index contributed by atoms with van der Waals surface area (Å²) in [6.45, 7) is 1.47. The van der Waals surface area contributed by atoms with Crippen molar-refractivity contribution in [2.75, 3.05) is 13.1 Å². The van der Waals surface area contributed by atoms with Crippen LogP contribution in [-0.4, -0.2) is 48.4 Å². The number of imidazole rings is 1. The predicted molar refractivity (Wildman–Crippen MR) is 114 cm³/mol. The molecule has 0 radical (unpaired) electrons. The summed E-state index contributed by atoms with van der Waals surface area (Å²) in [4.78, 5) is 32.8. The maximum Gasteiger partial charge on any atom is 0.255 e. The molecule has 1 amide bonds. The Bertz CT molecular complexity index is 1220. The van der Waals surface area contributed by atoms with Gasteiger partial charge in [-0.15, -0.1) is 0 Å². The molecule has 0 bridgehead atoms. The molecule has 1 aliphatic heterocycles. The second-order valence-corrected chi connectivity index (χ2v) is 7.78. The zero-order chi connectivity index (χ0) is 20.5. The van der Waals surface area contributed by atoms with Crippen molar-refractivity contribution in [2.24, 2.45) is 13.0 Å². The van der Waals surface area contributed by atoms with Gasteiger partial charge in [0.25, 0.3) is 5.91 Å². The highest BCUT2D eigenvalue weighted by molar-refractivity contribution is 5.97. The highest BCUT2D eigenvalue weighted by Gasteiger charge is 2.28. The normalized spacial score (nSPS) is 16.3. The molecule has 4 aromatic rings. The van der Waals surface area contributed by atoms with Crippen LogP contribution in [-0.2, 0) is 13.5 Å². The van der Waals surface area contributed by atoms with Crippen LogP contribution in [0.25, 0.3) is 22.4 Å². The average Bonchev–Trinajstić information content (AvgIpc) is 3.42. The molecule has 3 aromatic heterocycles. The lowest BCUT2D eigenvalue weighted by molar-refractivity contribution is 0.0787.